The van der Waals surface area contributed by atoms with Crippen molar-refractivity contribution in [3.05, 3.63) is 24.6 Å². The Labute approximate surface area is 113 Å². The van der Waals surface area contributed by atoms with Gasteiger partial charge in [-0.2, -0.15) is 35.1 Å². The lowest BCUT2D eigenvalue weighted by molar-refractivity contribution is -0.385. The summed E-state index contributed by atoms with van der Waals surface area (Å²) in [6.45, 7) is 3.06. The number of rotatable bonds is 6. The van der Waals surface area contributed by atoms with E-state index in [-0.39, 0.29) is 0 Å². The van der Waals surface area contributed by atoms with Crippen LogP contribution in [0.4, 0.5) is 39.5 Å². The lowest BCUT2D eigenvalue weighted by atomic mass is 9.80. The van der Waals surface area contributed by atoms with Gasteiger partial charge in [0.2, 0.25) is 0 Å². The second-order valence-corrected chi connectivity index (χ2v) is 4.19. The van der Waals surface area contributed by atoms with Gasteiger partial charge in [-0.05, 0) is 12.8 Å². The van der Waals surface area contributed by atoms with E-state index in [0.717, 1.165) is 6.08 Å². The van der Waals surface area contributed by atoms with E-state index in [9.17, 15) is 39.5 Å². The summed E-state index contributed by atoms with van der Waals surface area (Å²) in [5, 5.41) is 9.08. The molecule has 0 aliphatic rings. The van der Waals surface area contributed by atoms with Crippen molar-refractivity contribution in [2.75, 3.05) is 0 Å². The van der Waals surface area contributed by atoms with Gasteiger partial charge in [0.05, 0.1) is 0 Å². The highest BCUT2D eigenvalue weighted by molar-refractivity contribution is 5.05. The number of alkyl halides is 6. The topological polar surface area (TPSA) is 20.2 Å². The zero-order chi connectivity index (χ0) is 17.1. The number of hydrogen-bond donors (Lipinski definition) is 1. The molecule has 0 fully saturated rings. The van der Waals surface area contributed by atoms with E-state index in [4.69, 9.17) is 5.11 Å². The number of hydrogen-bond acceptors (Lipinski definition) is 1. The summed E-state index contributed by atoms with van der Waals surface area (Å²) in [5.74, 6) is -5.30. The van der Waals surface area contributed by atoms with E-state index in [1.807, 2.05) is 0 Å². The summed E-state index contributed by atoms with van der Waals surface area (Å²) in [6, 6.07) is 0. The van der Waals surface area contributed by atoms with Crippen LogP contribution >= 0.6 is 0 Å². The van der Waals surface area contributed by atoms with E-state index in [1.54, 1.807) is 0 Å². The Balaban J connectivity index is 5.82. The highest BCUT2D eigenvalue weighted by atomic mass is 19.4. The molecule has 1 unspecified atom stereocenters. The average Bonchev–Trinajstić information content (AvgIpc) is 2.29. The van der Waals surface area contributed by atoms with Crippen molar-refractivity contribution >= 4 is 0 Å². The van der Waals surface area contributed by atoms with Gasteiger partial charge in [0, 0.05) is 12.3 Å². The number of halogens is 9. The first kappa shape index (κ1) is 19.8. The molecule has 0 aromatic heterocycles. The third-order valence-corrected chi connectivity index (χ3v) is 2.81. The summed E-state index contributed by atoms with van der Waals surface area (Å²) in [5.41, 5.74) is -5.30. The van der Waals surface area contributed by atoms with Crippen LogP contribution in [0.1, 0.15) is 19.3 Å². The maximum absolute atomic E-state index is 12.8. The number of aliphatic hydroxyl groups is 1. The summed E-state index contributed by atoms with van der Waals surface area (Å²) >= 11 is 0. The molecule has 21 heavy (non-hydrogen) atoms. The van der Waals surface area contributed by atoms with E-state index >= 15 is 0 Å². The molecular weight excluding hydrogens is 319 g/mol. The Morgan fingerprint density at radius 1 is 1.00 bits per heavy atom. The van der Waals surface area contributed by atoms with E-state index in [2.05, 4.69) is 6.58 Å². The molecule has 0 rings (SSSR count). The second kappa shape index (κ2) is 6.71. The Hall–Kier alpha value is -1.19. The molecular formula is C11H11F9O. The molecule has 0 saturated heterocycles. The smallest absolute Gasteiger partial charge is 0.373 e. The first-order chi connectivity index (χ1) is 9.29. The summed E-state index contributed by atoms with van der Waals surface area (Å²) in [4.78, 5) is 0. The van der Waals surface area contributed by atoms with Crippen molar-refractivity contribution in [3.8, 4) is 0 Å². The van der Waals surface area contributed by atoms with Gasteiger partial charge in [0.1, 0.15) is 0 Å². The van der Waals surface area contributed by atoms with Gasteiger partial charge in [-0.1, -0.05) is 6.08 Å². The van der Waals surface area contributed by atoms with Crippen molar-refractivity contribution in [2.45, 2.75) is 37.2 Å². The molecule has 0 aliphatic carbocycles. The largest absolute Gasteiger partial charge is 0.426 e. The van der Waals surface area contributed by atoms with Crippen LogP contribution in [-0.4, -0.2) is 23.1 Å². The standard InChI is InChI=1S/C11H11F9O/c1-2-3-4-6(5-7(12)8(13)14)9(21,10(15,16)17)11(18,19)20/h2,6,21H,1,3-5H2. The van der Waals surface area contributed by atoms with Crippen LogP contribution in [0.25, 0.3) is 0 Å². The molecule has 0 spiro atoms. The SMILES string of the molecule is C=CCCC(CC(F)=C(F)F)C(O)(C(F)(F)F)C(F)(F)F. The van der Waals surface area contributed by atoms with Gasteiger partial charge < -0.3 is 5.11 Å². The fourth-order valence-electron chi connectivity index (χ4n) is 1.69. The maximum atomic E-state index is 12.8. The van der Waals surface area contributed by atoms with E-state index in [0.29, 0.717) is 0 Å². The lowest BCUT2D eigenvalue weighted by Gasteiger charge is -2.38. The van der Waals surface area contributed by atoms with Crippen LogP contribution in [-0.2, 0) is 0 Å². The van der Waals surface area contributed by atoms with E-state index < -0.39 is 55.0 Å². The highest BCUT2D eigenvalue weighted by Crippen LogP contribution is 2.50. The fourth-order valence-corrected chi connectivity index (χ4v) is 1.69. The molecule has 124 valence electrons. The van der Waals surface area contributed by atoms with Crippen LogP contribution < -0.4 is 0 Å². The van der Waals surface area contributed by atoms with Crippen molar-refractivity contribution in [1.82, 2.24) is 0 Å². The van der Waals surface area contributed by atoms with Crippen LogP contribution in [0, 0.1) is 5.92 Å². The van der Waals surface area contributed by atoms with Crippen molar-refractivity contribution in [1.29, 1.82) is 0 Å². The van der Waals surface area contributed by atoms with Gasteiger partial charge >= 0.3 is 18.4 Å². The third kappa shape index (κ3) is 4.39. The zero-order valence-corrected chi connectivity index (χ0v) is 10.3. The predicted molar refractivity (Wildman–Crippen MR) is 54.9 cm³/mol. The average molecular weight is 330 g/mol. The summed E-state index contributed by atoms with van der Waals surface area (Å²) in [6.07, 6.45) is -17.9. The Morgan fingerprint density at radius 3 is 1.71 bits per heavy atom. The van der Waals surface area contributed by atoms with Gasteiger partial charge in [-0.15, -0.1) is 6.58 Å². The highest BCUT2D eigenvalue weighted by Gasteiger charge is 2.73. The first-order valence-electron chi connectivity index (χ1n) is 5.45. The first-order valence-corrected chi connectivity index (χ1v) is 5.45. The van der Waals surface area contributed by atoms with Crippen molar-refractivity contribution in [3.63, 3.8) is 0 Å². The molecule has 0 radical (unpaired) electrons. The minimum Gasteiger partial charge on any atom is -0.373 e. The van der Waals surface area contributed by atoms with Gasteiger partial charge in [-0.3, -0.25) is 0 Å². The Bertz CT molecular complexity index is 375. The minimum absolute atomic E-state index is 0.458. The molecule has 1 atom stereocenters. The molecule has 0 aliphatic heterocycles. The third-order valence-electron chi connectivity index (χ3n) is 2.81. The quantitative estimate of drug-likeness (QED) is 0.543. The van der Waals surface area contributed by atoms with Crippen LogP contribution in [0.5, 0.6) is 0 Å². The predicted octanol–water partition coefficient (Wildman–Crippen LogP) is 4.89. The fraction of sp³-hybridized carbons (Fsp3) is 0.636. The molecule has 0 aromatic carbocycles. The van der Waals surface area contributed by atoms with Crippen LogP contribution in [0.3, 0.4) is 0 Å². The molecule has 0 amide bonds. The van der Waals surface area contributed by atoms with Gasteiger partial charge in [0.25, 0.3) is 5.60 Å². The minimum atomic E-state index is -6.20. The zero-order valence-electron chi connectivity index (χ0n) is 10.3. The second-order valence-electron chi connectivity index (χ2n) is 4.19. The van der Waals surface area contributed by atoms with Gasteiger partial charge in [0.15, 0.2) is 5.83 Å². The molecule has 0 heterocycles. The summed E-state index contributed by atoms with van der Waals surface area (Å²) in [7, 11) is 0. The van der Waals surface area contributed by atoms with E-state index in [1.165, 1.54) is 0 Å². The number of allylic oxidation sites excluding steroid dienone is 2. The van der Waals surface area contributed by atoms with Crippen molar-refractivity contribution in [2.24, 2.45) is 5.92 Å². The van der Waals surface area contributed by atoms with Crippen LogP contribution in [0.2, 0.25) is 0 Å². The van der Waals surface area contributed by atoms with Gasteiger partial charge in [-0.25, -0.2) is 4.39 Å². The van der Waals surface area contributed by atoms with Crippen LogP contribution in [0.15, 0.2) is 24.6 Å². The molecule has 1 N–H and O–H groups in total. The monoisotopic (exact) mass is 330 g/mol. The Morgan fingerprint density at radius 2 is 1.43 bits per heavy atom. The molecule has 1 nitrogen and oxygen atoms in total. The lowest BCUT2D eigenvalue weighted by Crippen LogP contribution is -2.61. The Kier molecular flexibility index (Phi) is 6.33. The summed E-state index contributed by atoms with van der Waals surface area (Å²) < 4.78 is 112. The normalized spacial score (nSPS) is 14.8. The molecule has 0 aromatic rings. The van der Waals surface area contributed by atoms with Crippen molar-refractivity contribution < 1.29 is 44.6 Å². The molecule has 0 bridgehead atoms. The molecule has 10 heteroatoms. The maximum Gasteiger partial charge on any atom is 0.426 e. The molecule has 0 saturated carbocycles.